The number of hydrogen-bond donors (Lipinski definition) is 1. The van der Waals surface area contributed by atoms with Gasteiger partial charge in [0.05, 0.1) is 0 Å². The Morgan fingerprint density at radius 2 is 1.41 bits per heavy atom. The van der Waals surface area contributed by atoms with Crippen molar-refractivity contribution in [3.63, 3.8) is 0 Å². The van der Waals surface area contributed by atoms with Gasteiger partial charge in [0.1, 0.15) is 0 Å². The molecule has 0 aliphatic heterocycles. The van der Waals surface area contributed by atoms with Crippen molar-refractivity contribution in [2.24, 2.45) is 23.2 Å². The zero-order chi connectivity index (χ0) is 11.7. The molecule has 5 aliphatic rings. The summed E-state index contributed by atoms with van der Waals surface area (Å²) < 4.78 is 0. The molecule has 5 aliphatic carbocycles. The van der Waals surface area contributed by atoms with E-state index in [1.807, 2.05) is 0 Å². The lowest BCUT2D eigenvalue weighted by Gasteiger charge is -2.58. The molecule has 4 bridgehead atoms. The van der Waals surface area contributed by atoms with Crippen LogP contribution in [0.1, 0.15) is 65.2 Å². The van der Waals surface area contributed by atoms with E-state index in [1.54, 1.807) is 19.3 Å². The molecule has 5 saturated carbocycles. The highest BCUT2D eigenvalue weighted by molar-refractivity contribution is 5.09. The van der Waals surface area contributed by atoms with Gasteiger partial charge in [0.2, 0.25) is 0 Å². The van der Waals surface area contributed by atoms with Crippen LogP contribution in [0.2, 0.25) is 0 Å². The molecule has 0 aromatic carbocycles. The summed E-state index contributed by atoms with van der Waals surface area (Å²) in [4.78, 5) is 0. The van der Waals surface area contributed by atoms with Crippen LogP contribution in [0.4, 0.5) is 0 Å². The monoisotopic (exact) mass is 233 g/mol. The van der Waals surface area contributed by atoms with Crippen LogP contribution in [-0.4, -0.2) is 11.6 Å². The summed E-state index contributed by atoms with van der Waals surface area (Å²) in [7, 11) is 0. The molecule has 0 spiro atoms. The van der Waals surface area contributed by atoms with Crippen LogP contribution in [0, 0.1) is 23.2 Å². The third kappa shape index (κ3) is 1.69. The summed E-state index contributed by atoms with van der Waals surface area (Å²) in [6.45, 7) is 4.93. The normalized spacial score (nSPS) is 51.5. The molecule has 1 atom stereocenters. The maximum atomic E-state index is 4.13. The van der Waals surface area contributed by atoms with E-state index in [1.165, 1.54) is 32.1 Å². The smallest absolute Gasteiger partial charge is 0.0192 e. The molecule has 1 N–H and O–H groups in total. The summed E-state index contributed by atoms with van der Waals surface area (Å²) in [5, 5.41) is 4.13. The SMILES string of the molecule is CC(NC12CC3CC(CC(C3)C1)C2)C1(C)CC1. The minimum Gasteiger partial charge on any atom is -0.308 e. The first-order valence-electron chi connectivity index (χ1n) is 7.85. The van der Waals surface area contributed by atoms with Gasteiger partial charge in [-0.2, -0.15) is 0 Å². The maximum absolute atomic E-state index is 4.13. The Labute approximate surface area is 106 Å². The van der Waals surface area contributed by atoms with Crippen molar-refractivity contribution in [3.8, 4) is 0 Å². The van der Waals surface area contributed by atoms with Crippen molar-refractivity contribution in [1.82, 2.24) is 5.32 Å². The van der Waals surface area contributed by atoms with Crippen molar-refractivity contribution >= 4 is 0 Å². The predicted molar refractivity (Wildman–Crippen MR) is 70.8 cm³/mol. The van der Waals surface area contributed by atoms with E-state index >= 15 is 0 Å². The van der Waals surface area contributed by atoms with E-state index in [0.717, 1.165) is 23.8 Å². The predicted octanol–water partition coefficient (Wildman–Crippen LogP) is 3.73. The molecule has 0 saturated heterocycles. The Morgan fingerprint density at radius 3 is 1.82 bits per heavy atom. The molecule has 0 aromatic rings. The summed E-state index contributed by atoms with van der Waals surface area (Å²) in [6.07, 6.45) is 12.1. The van der Waals surface area contributed by atoms with E-state index in [9.17, 15) is 0 Å². The fourth-order valence-electron chi connectivity index (χ4n) is 5.55. The first-order chi connectivity index (χ1) is 8.07. The van der Waals surface area contributed by atoms with E-state index in [-0.39, 0.29) is 0 Å². The Kier molecular flexibility index (Phi) is 2.10. The van der Waals surface area contributed by atoms with Crippen molar-refractivity contribution in [1.29, 1.82) is 0 Å². The van der Waals surface area contributed by atoms with Gasteiger partial charge in [-0.1, -0.05) is 6.92 Å². The van der Waals surface area contributed by atoms with Gasteiger partial charge in [-0.25, -0.2) is 0 Å². The largest absolute Gasteiger partial charge is 0.308 e. The number of nitrogens with one attached hydrogen (secondary N) is 1. The highest BCUT2D eigenvalue weighted by Crippen LogP contribution is 2.57. The molecule has 1 unspecified atom stereocenters. The zero-order valence-corrected chi connectivity index (χ0v) is 11.5. The molecule has 1 nitrogen and oxygen atoms in total. The molecule has 96 valence electrons. The second kappa shape index (κ2) is 3.29. The Hall–Kier alpha value is -0.0400. The summed E-state index contributed by atoms with van der Waals surface area (Å²) in [6, 6.07) is 0.749. The summed E-state index contributed by atoms with van der Waals surface area (Å²) >= 11 is 0. The molecule has 17 heavy (non-hydrogen) atoms. The minimum absolute atomic E-state index is 0.569. The van der Waals surface area contributed by atoms with Crippen molar-refractivity contribution in [3.05, 3.63) is 0 Å². The molecular formula is C16H27N. The topological polar surface area (TPSA) is 12.0 Å². The van der Waals surface area contributed by atoms with Gasteiger partial charge in [-0.05, 0) is 81.5 Å². The van der Waals surface area contributed by atoms with Gasteiger partial charge in [0, 0.05) is 11.6 Å². The third-order valence-electron chi connectivity index (χ3n) is 6.64. The highest BCUT2D eigenvalue weighted by Gasteiger charge is 2.53. The zero-order valence-electron chi connectivity index (χ0n) is 11.5. The minimum atomic E-state index is 0.569. The second-order valence-corrected chi connectivity index (χ2v) is 8.22. The van der Waals surface area contributed by atoms with E-state index < -0.39 is 0 Å². The van der Waals surface area contributed by atoms with Gasteiger partial charge in [0.25, 0.3) is 0 Å². The van der Waals surface area contributed by atoms with Gasteiger partial charge >= 0.3 is 0 Å². The molecular weight excluding hydrogens is 206 g/mol. The molecule has 0 amide bonds. The van der Waals surface area contributed by atoms with Crippen LogP contribution in [0.3, 0.4) is 0 Å². The highest BCUT2D eigenvalue weighted by atomic mass is 15.0. The molecule has 0 heterocycles. The lowest BCUT2D eigenvalue weighted by molar-refractivity contribution is -0.0281. The van der Waals surface area contributed by atoms with Crippen LogP contribution < -0.4 is 5.32 Å². The summed E-state index contributed by atoms with van der Waals surface area (Å²) in [5.41, 5.74) is 1.21. The Morgan fingerprint density at radius 1 is 0.941 bits per heavy atom. The third-order valence-corrected chi connectivity index (χ3v) is 6.64. The number of rotatable bonds is 3. The second-order valence-electron chi connectivity index (χ2n) is 8.22. The van der Waals surface area contributed by atoms with Gasteiger partial charge in [0.15, 0.2) is 0 Å². The lowest BCUT2D eigenvalue weighted by atomic mass is 9.53. The van der Waals surface area contributed by atoms with Gasteiger partial charge in [-0.15, -0.1) is 0 Å². The molecule has 5 fully saturated rings. The van der Waals surface area contributed by atoms with Crippen LogP contribution in [0.15, 0.2) is 0 Å². The van der Waals surface area contributed by atoms with Crippen LogP contribution in [0.5, 0.6) is 0 Å². The fourth-order valence-corrected chi connectivity index (χ4v) is 5.55. The molecule has 1 heteroatoms. The van der Waals surface area contributed by atoms with Crippen LogP contribution >= 0.6 is 0 Å². The van der Waals surface area contributed by atoms with Crippen molar-refractivity contribution < 1.29 is 0 Å². The van der Waals surface area contributed by atoms with Crippen LogP contribution in [0.25, 0.3) is 0 Å². The quantitative estimate of drug-likeness (QED) is 0.783. The van der Waals surface area contributed by atoms with Gasteiger partial charge in [-0.3, -0.25) is 0 Å². The first kappa shape index (κ1) is 10.8. The molecule has 0 aromatic heterocycles. The van der Waals surface area contributed by atoms with Crippen LogP contribution in [-0.2, 0) is 0 Å². The maximum Gasteiger partial charge on any atom is 0.0192 e. The summed E-state index contributed by atoms with van der Waals surface area (Å²) in [5.74, 6) is 3.23. The average molecular weight is 233 g/mol. The Bertz CT molecular complexity index is 293. The van der Waals surface area contributed by atoms with E-state index in [0.29, 0.717) is 11.0 Å². The fraction of sp³-hybridized carbons (Fsp3) is 1.00. The molecule has 0 radical (unpaired) electrons. The van der Waals surface area contributed by atoms with Gasteiger partial charge < -0.3 is 5.32 Å². The number of hydrogen-bond acceptors (Lipinski definition) is 1. The Balaban J connectivity index is 1.52. The molecule has 5 rings (SSSR count). The van der Waals surface area contributed by atoms with Crippen molar-refractivity contribution in [2.45, 2.75) is 76.8 Å². The standard InChI is InChI=1S/C16H27N/c1-11(15(2)3-4-15)17-16-8-12-5-13(9-16)7-14(6-12)10-16/h11-14,17H,3-10H2,1-2H3. The lowest BCUT2D eigenvalue weighted by Crippen LogP contribution is -2.61. The van der Waals surface area contributed by atoms with Crippen molar-refractivity contribution in [2.75, 3.05) is 0 Å². The van der Waals surface area contributed by atoms with E-state index in [4.69, 9.17) is 0 Å². The first-order valence-corrected chi connectivity index (χ1v) is 7.85. The van der Waals surface area contributed by atoms with E-state index in [2.05, 4.69) is 19.2 Å². The average Bonchev–Trinajstić information content (AvgIpc) is 2.94.